The van der Waals surface area contributed by atoms with Gasteiger partial charge in [0, 0.05) is 21.8 Å². The first-order valence-electron chi connectivity index (χ1n) is 5.91. The van der Waals surface area contributed by atoms with Crippen molar-refractivity contribution in [3.8, 4) is 5.75 Å². The van der Waals surface area contributed by atoms with Crippen molar-refractivity contribution in [2.24, 2.45) is 0 Å². The molecule has 3 nitrogen and oxygen atoms in total. The van der Waals surface area contributed by atoms with Gasteiger partial charge < -0.3 is 10.4 Å². The number of anilines is 1. The SMILES string of the molecule is O=C(Nc1cccc2c(O)cccc12)c1csc(I)c1. The molecule has 0 fully saturated rings. The van der Waals surface area contributed by atoms with Gasteiger partial charge in [0.1, 0.15) is 5.75 Å². The molecule has 3 rings (SSSR count). The zero-order valence-electron chi connectivity index (χ0n) is 10.3. The Morgan fingerprint density at radius 1 is 1.15 bits per heavy atom. The maximum absolute atomic E-state index is 12.2. The van der Waals surface area contributed by atoms with Gasteiger partial charge in [0.2, 0.25) is 0 Å². The van der Waals surface area contributed by atoms with E-state index in [1.54, 1.807) is 12.1 Å². The van der Waals surface area contributed by atoms with E-state index >= 15 is 0 Å². The van der Waals surface area contributed by atoms with Gasteiger partial charge in [-0.3, -0.25) is 4.79 Å². The van der Waals surface area contributed by atoms with Gasteiger partial charge in [-0.2, -0.15) is 0 Å². The summed E-state index contributed by atoms with van der Waals surface area (Å²) in [6, 6.07) is 12.6. The van der Waals surface area contributed by atoms with Gasteiger partial charge >= 0.3 is 0 Å². The molecular weight excluding hydrogens is 385 g/mol. The summed E-state index contributed by atoms with van der Waals surface area (Å²) in [7, 11) is 0. The predicted molar refractivity (Wildman–Crippen MR) is 90.6 cm³/mol. The molecule has 5 heteroatoms. The number of benzene rings is 2. The fraction of sp³-hybridized carbons (Fsp3) is 0. The van der Waals surface area contributed by atoms with Crippen molar-refractivity contribution in [1.82, 2.24) is 0 Å². The smallest absolute Gasteiger partial charge is 0.256 e. The van der Waals surface area contributed by atoms with Crippen molar-refractivity contribution in [2.45, 2.75) is 0 Å². The summed E-state index contributed by atoms with van der Waals surface area (Å²) in [5.74, 6) is 0.0729. The number of amides is 1. The highest BCUT2D eigenvalue weighted by molar-refractivity contribution is 14.1. The first kappa shape index (κ1) is 13.4. The Kier molecular flexibility index (Phi) is 3.62. The number of thiophene rings is 1. The van der Waals surface area contributed by atoms with E-state index in [0.717, 1.165) is 13.7 Å². The van der Waals surface area contributed by atoms with Crippen LogP contribution in [0.5, 0.6) is 5.75 Å². The molecule has 0 unspecified atom stereocenters. The van der Waals surface area contributed by atoms with Crippen LogP contribution >= 0.6 is 33.9 Å². The molecule has 0 aliphatic rings. The number of carbonyl (C=O) groups is 1. The van der Waals surface area contributed by atoms with E-state index in [-0.39, 0.29) is 11.7 Å². The van der Waals surface area contributed by atoms with Gasteiger partial charge in [0.15, 0.2) is 0 Å². The number of hydrogen-bond donors (Lipinski definition) is 2. The van der Waals surface area contributed by atoms with E-state index in [1.165, 1.54) is 11.3 Å². The standard InChI is InChI=1S/C15H10INO2S/c16-14-7-9(8-20-14)15(19)17-12-5-1-4-11-10(12)3-2-6-13(11)18/h1-8,18H,(H,17,19). The minimum atomic E-state index is -0.139. The Balaban J connectivity index is 1.99. The summed E-state index contributed by atoms with van der Waals surface area (Å²) < 4.78 is 1.07. The monoisotopic (exact) mass is 395 g/mol. The molecule has 0 aliphatic heterocycles. The predicted octanol–water partition coefficient (Wildman–Crippen LogP) is 4.46. The molecule has 0 saturated carbocycles. The quantitative estimate of drug-likeness (QED) is 0.630. The third-order valence-electron chi connectivity index (χ3n) is 2.98. The molecule has 100 valence electrons. The average Bonchev–Trinajstić information content (AvgIpc) is 2.87. The summed E-state index contributed by atoms with van der Waals surface area (Å²) in [5, 5.41) is 16.1. The molecule has 3 aromatic rings. The highest BCUT2D eigenvalue weighted by atomic mass is 127. The zero-order chi connectivity index (χ0) is 14.1. The Hall–Kier alpha value is -1.60. The number of fused-ring (bicyclic) bond motifs is 1. The number of nitrogens with one attached hydrogen (secondary N) is 1. The Bertz CT molecular complexity index is 797. The maximum Gasteiger partial charge on any atom is 0.256 e. The van der Waals surface area contributed by atoms with Crippen molar-refractivity contribution < 1.29 is 9.90 Å². The minimum Gasteiger partial charge on any atom is -0.507 e. The van der Waals surface area contributed by atoms with Crippen LogP contribution in [-0.4, -0.2) is 11.0 Å². The van der Waals surface area contributed by atoms with E-state index in [1.807, 2.05) is 35.7 Å². The Morgan fingerprint density at radius 2 is 1.90 bits per heavy atom. The van der Waals surface area contributed by atoms with Crippen molar-refractivity contribution in [3.63, 3.8) is 0 Å². The Morgan fingerprint density at radius 3 is 2.65 bits per heavy atom. The van der Waals surface area contributed by atoms with E-state index in [2.05, 4.69) is 27.9 Å². The van der Waals surface area contributed by atoms with Crippen LogP contribution in [-0.2, 0) is 0 Å². The number of carbonyl (C=O) groups excluding carboxylic acids is 1. The first-order valence-corrected chi connectivity index (χ1v) is 7.87. The van der Waals surface area contributed by atoms with Gasteiger partial charge in [-0.05, 0) is 40.8 Å². The van der Waals surface area contributed by atoms with Crippen LogP contribution in [0.3, 0.4) is 0 Å². The van der Waals surface area contributed by atoms with E-state index in [4.69, 9.17) is 0 Å². The van der Waals surface area contributed by atoms with Gasteiger partial charge in [0.05, 0.1) is 8.45 Å². The fourth-order valence-corrected chi connectivity index (χ4v) is 3.35. The molecule has 0 spiro atoms. The molecular formula is C15H10INO2S. The van der Waals surface area contributed by atoms with Crippen LogP contribution < -0.4 is 5.32 Å². The van der Waals surface area contributed by atoms with Gasteiger partial charge in [-0.1, -0.05) is 24.3 Å². The molecule has 0 aliphatic carbocycles. The lowest BCUT2D eigenvalue weighted by atomic mass is 10.1. The fourth-order valence-electron chi connectivity index (χ4n) is 2.03. The first-order chi connectivity index (χ1) is 9.65. The molecule has 2 aromatic carbocycles. The molecule has 1 aromatic heterocycles. The second-order valence-corrected chi connectivity index (χ2v) is 7.08. The second-order valence-electron chi connectivity index (χ2n) is 4.27. The second kappa shape index (κ2) is 5.41. The van der Waals surface area contributed by atoms with Crippen LogP contribution in [0, 0.1) is 2.88 Å². The summed E-state index contributed by atoms with van der Waals surface area (Å²) in [6.45, 7) is 0. The third kappa shape index (κ3) is 2.51. The highest BCUT2D eigenvalue weighted by Crippen LogP contribution is 2.30. The molecule has 2 N–H and O–H groups in total. The molecule has 0 saturated heterocycles. The number of phenols is 1. The minimum absolute atomic E-state index is 0.139. The lowest BCUT2D eigenvalue weighted by Gasteiger charge is -2.08. The number of halogens is 1. The van der Waals surface area contributed by atoms with Gasteiger partial charge in [0.25, 0.3) is 5.91 Å². The topological polar surface area (TPSA) is 49.3 Å². The zero-order valence-corrected chi connectivity index (χ0v) is 13.2. The van der Waals surface area contributed by atoms with Gasteiger partial charge in [-0.15, -0.1) is 11.3 Å². The van der Waals surface area contributed by atoms with Crippen molar-refractivity contribution in [3.05, 3.63) is 56.3 Å². The number of phenolic OH excluding ortho intramolecular Hbond substituents is 1. The van der Waals surface area contributed by atoms with Crippen LogP contribution in [0.25, 0.3) is 10.8 Å². The third-order valence-corrected chi connectivity index (χ3v) is 4.77. The molecule has 0 radical (unpaired) electrons. The lowest BCUT2D eigenvalue weighted by Crippen LogP contribution is -2.11. The molecule has 1 heterocycles. The Labute approximate surface area is 133 Å². The van der Waals surface area contributed by atoms with Crippen LogP contribution in [0.1, 0.15) is 10.4 Å². The maximum atomic E-state index is 12.2. The number of rotatable bonds is 2. The number of hydrogen-bond acceptors (Lipinski definition) is 3. The molecule has 0 atom stereocenters. The number of aromatic hydroxyl groups is 1. The molecule has 0 bridgehead atoms. The summed E-state index contributed by atoms with van der Waals surface area (Å²) in [5.41, 5.74) is 1.35. The average molecular weight is 395 g/mol. The summed E-state index contributed by atoms with van der Waals surface area (Å²) in [6.07, 6.45) is 0. The van der Waals surface area contributed by atoms with Crippen molar-refractivity contribution >= 4 is 56.3 Å². The normalized spacial score (nSPS) is 10.7. The van der Waals surface area contributed by atoms with Crippen LogP contribution in [0.15, 0.2) is 47.8 Å². The van der Waals surface area contributed by atoms with Crippen LogP contribution in [0.2, 0.25) is 0 Å². The summed E-state index contributed by atoms with van der Waals surface area (Å²) >= 11 is 3.72. The van der Waals surface area contributed by atoms with Gasteiger partial charge in [-0.25, -0.2) is 0 Å². The highest BCUT2D eigenvalue weighted by Gasteiger charge is 2.10. The molecule has 1 amide bonds. The van der Waals surface area contributed by atoms with E-state index < -0.39 is 0 Å². The molecule has 20 heavy (non-hydrogen) atoms. The van der Waals surface area contributed by atoms with Crippen LogP contribution in [0.4, 0.5) is 5.69 Å². The van der Waals surface area contributed by atoms with Crippen molar-refractivity contribution in [1.29, 1.82) is 0 Å². The lowest BCUT2D eigenvalue weighted by molar-refractivity contribution is 0.102. The van der Waals surface area contributed by atoms with Crippen molar-refractivity contribution in [2.75, 3.05) is 5.32 Å². The van der Waals surface area contributed by atoms with E-state index in [0.29, 0.717) is 11.3 Å². The summed E-state index contributed by atoms with van der Waals surface area (Å²) in [4.78, 5) is 12.2. The largest absolute Gasteiger partial charge is 0.507 e. The van der Waals surface area contributed by atoms with E-state index in [9.17, 15) is 9.90 Å².